The Labute approximate surface area is 108 Å². The van der Waals surface area contributed by atoms with Crippen LogP contribution in [0.3, 0.4) is 0 Å². The first-order valence-corrected chi connectivity index (χ1v) is 6.11. The van der Waals surface area contributed by atoms with Gasteiger partial charge in [0.05, 0.1) is 12.5 Å². The van der Waals surface area contributed by atoms with Crippen LogP contribution >= 0.6 is 0 Å². The predicted octanol–water partition coefficient (Wildman–Crippen LogP) is 2.45. The maximum atomic E-state index is 11.4. The number of hydrogen-bond donors (Lipinski definition) is 2. The number of rotatable bonds is 5. The van der Waals surface area contributed by atoms with Gasteiger partial charge >= 0.3 is 6.09 Å². The Kier molecular flexibility index (Phi) is 5.22. The molecule has 1 atom stereocenters. The smallest absolute Gasteiger partial charge is 0.407 e. The number of furan rings is 1. The number of hydrogen-bond acceptors (Lipinski definition) is 4. The van der Waals surface area contributed by atoms with Crippen LogP contribution in [-0.2, 0) is 4.74 Å². The van der Waals surface area contributed by atoms with E-state index in [9.17, 15) is 4.79 Å². The molecule has 5 heteroatoms. The average Bonchev–Trinajstić information content (AvgIpc) is 2.74. The molecule has 0 aliphatic carbocycles. The van der Waals surface area contributed by atoms with Crippen molar-refractivity contribution in [2.75, 3.05) is 13.1 Å². The highest BCUT2D eigenvalue weighted by Crippen LogP contribution is 2.11. The monoisotopic (exact) mass is 254 g/mol. The number of amides is 1. The summed E-state index contributed by atoms with van der Waals surface area (Å²) in [6.07, 6.45) is 2.96. The van der Waals surface area contributed by atoms with E-state index < -0.39 is 5.60 Å². The summed E-state index contributed by atoms with van der Waals surface area (Å²) in [5.41, 5.74) is 0.633. The summed E-state index contributed by atoms with van der Waals surface area (Å²) >= 11 is 0. The molecule has 18 heavy (non-hydrogen) atoms. The molecule has 0 bridgehead atoms. The zero-order chi connectivity index (χ0) is 13.6. The van der Waals surface area contributed by atoms with Gasteiger partial charge in [-0.3, -0.25) is 0 Å². The third-order valence-corrected chi connectivity index (χ3v) is 2.29. The molecule has 2 N–H and O–H groups in total. The minimum atomic E-state index is -0.457. The van der Waals surface area contributed by atoms with Crippen molar-refractivity contribution in [2.24, 2.45) is 0 Å². The van der Waals surface area contributed by atoms with Crippen LogP contribution in [-0.4, -0.2) is 24.8 Å². The first kappa shape index (κ1) is 14.6. The summed E-state index contributed by atoms with van der Waals surface area (Å²) in [7, 11) is 0. The third-order valence-electron chi connectivity index (χ3n) is 2.29. The van der Waals surface area contributed by atoms with Crippen molar-refractivity contribution in [3.63, 3.8) is 0 Å². The SMILES string of the molecule is CC(NCCNC(=O)OC(C)(C)C)c1ccoc1. The maximum absolute atomic E-state index is 11.4. The van der Waals surface area contributed by atoms with Crippen molar-refractivity contribution in [3.05, 3.63) is 24.2 Å². The van der Waals surface area contributed by atoms with Gasteiger partial charge in [-0.25, -0.2) is 4.79 Å². The van der Waals surface area contributed by atoms with Crippen molar-refractivity contribution < 1.29 is 13.9 Å². The lowest BCUT2D eigenvalue weighted by Crippen LogP contribution is -2.36. The van der Waals surface area contributed by atoms with E-state index >= 15 is 0 Å². The van der Waals surface area contributed by atoms with E-state index in [1.807, 2.05) is 33.8 Å². The topological polar surface area (TPSA) is 63.5 Å². The highest BCUT2D eigenvalue weighted by atomic mass is 16.6. The van der Waals surface area contributed by atoms with Crippen LogP contribution in [0.15, 0.2) is 23.0 Å². The molecular formula is C13H22N2O3. The number of alkyl carbamates (subject to hydrolysis) is 1. The van der Waals surface area contributed by atoms with Crippen LogP contribution in [0.4, 0.5) is 4.79 Å². The number of carbonyl (C=O) groups excluding carboxylic acids is 1. The molecule has 102 valence electrons. The molecule has 1 unspecified atom stereocenters. The molecule has 0 spiro atoms. The van der Waals surface area contributed by atoms with E-state index in [2.05, 4.69) is 10.6 Å². The van der Waals surface area contributed by atoms with Gasteiger partial charge in [0.15, 0.2) is 0 Å². The molecule has 1 aromatic rings. The second-order valence-corrected chi connectivity index (χ2v) is 5.16. The molecule has 1 amide bonds. The Balaban J connectivity index is 2.14. The fourth-order valence-corrected chi connectivity index (χ4v) is 1.41. The lowest BCUT2D eigenvalue weighted by molar-refractivity contribution is 0.0528. The molecule has 5 nitrogen and oxygen atoms in total. The van der Waals surface area contributed by atoms with Crippen LogP contribution in [0.1, 0.15) is 39.3 Å². The summed E-state index contributed by atoms with van der Waals surface area (Å²) in [5, 5.41) is 5.97. The number of carbonyl (C=O) groups is 1. The van der Waals surface area contributed by atoms with E-state index in [1.54, 1.807) is 12.5 Å². The van der Waals surface area contributed by atoms with Crippen LogP contribution in [0.2, 0.25) is 0 Å². The van der Waals surface area contributed by atoms with Gasteiger partial charge in [-0.05, 0) is 33.8 Å². The first-order chi connectivity index (χ1) is 8.38. The Morgan fingerprint density at radius 3 is 2.72 bits per heavy atom. The molecule has 1 heterocycles. The summed E-state index contributed by atoms with van der Waals surface area (Å²) < 4.78 is 10.1. The van der Waals surface area contributed by atoms with Gasteiger partial charge in [-0.1, -0.05) is 0 Å². The van der Waals surface area contributed by atoms with Crippen molar-refractivity contribution >= 4 is 6.09 Å². The van der Waals surface area contributed by atoms with E-state index in [0.29, 0.717) is 13.1 Å². The zero-order valence-corrected chi connectivity index (χ0v) is 11.4. The van der Waals surface area contributed by atoms with Crippen molar-refractivity contribution in [1.29, 1.82) is 0 Å². The molecule has 0 aliphatic rings. The standard InChI is InChI=1S/C13H22N2O3/c1-10(11-5-8-17-9-11)14-6-7-15-12(16)18-13(2,3)4/h5,8-10,14H,6-7H2,1-4H3,(H,15,16). The van der Waals surface area contributed by atoms with Crippen LogP contribution in [0.5, 0.6) is 0 Å². The van der Waals surface area contributed by atoms with E-state index in [1.165, 1.54) is 0 Å². The largest absolute Gasteiger partial charge is 0.472 e. The zero-order valence-electron chi connectivity index (χ0n) is 11.4. The molecule has 1 rings (SSSR count). The molecule has 0 aliphatic heterocycles. The van der Waals surface area contributed by atoms with E-state index in [0.717, 1.165) is 5.56 Å². The van der Waals surface area contributed by atoms with Gasteiger partial charge in [0.25, 0.3) is 0 Å². The quantitative estimate of drug-likeness (QED) is 0.792. The summed E-state index contributed by atoms with van der Waals surface area (Å²) in [4.78, 5) is 11.4. The van der Waals surface area contributed by atoms with Gasteiger partial charge in [0, 0.05) is 24.7 Å². The van der Waals surface area contributed by atoms with Crippen molar-refractivity contribution in [3.8, 4) is 0 Å². The summed E-state index contributed by atoms with van der Waals surface area (Å²) in [6, 6.07) is 2.11. The first-order valence-electron chi connectivity index (χ1n) is 6.11. The molecule has 0 fully saturated rings. The maximum Gasteiger partial charge on any atom is 0.407 e. The van der Waals surface area contributed by atoms with E-state index in [-0.39, 0.29) is 12.1 Å². The third kappa shape index (κ3) is 5.72. The molecule has 0 saturated carbocycles. The van der Waals surface area contributed by atoms with Gasteiger partial charge in [-0.2, -0.15) is 0 Å². The Hall–Kier alpha value is -1.49. The lowest BCUT2D eigenvalue weighted by atomic mass is 10.2. The fourth-order valence-electron chi connectivity index (χ4n) is 1.41. The van der Waals surface area contributed by atoms with Gasteiger partial charge < -0.3 is 19.8 Å². The number of nitrogens with one attached hydrogen (secondary N) is 2. The Morgan fingerprint density at radius 2 is 2.17 bits per heavy atom. The van der Waals surface area contributed by atoms with Crippen LogP contribution in [0.25, 0.3) is 0 Å². The van der Waals surface area contributed by atoms with E-state index in [4.69, 9.17) is 9.15 Å². The number of ether oxygens (including phenoxy) is 1. The molecule has 0 aromatic carbocycles. The minimum Gasteiger partial charge on any atom is -0.472 e. The van der Waals surface area contributed by atoms with Crippen LogP contribution < -0.4 is 10.6 Å². The summed E-state index contributed by atoms with van der Waals surface area (Å²) in [5.74, 6) is 0. The highest BCUT2D eigenvalue weighted by molar-refractivity contribution is 5.67. The Morgan fingerprint density at radius 1 is 1.44 bits per heavy atom. The minimum absolute atomic E-state index is 0.198. The molecular weight excluding hydrogens is 232 g/mol. The van der Waals surface area contributed by atoms with Crippen LogP contribution in [0, 0.1) is 0 Å². The predicted molar refractivity (Wildman–Crippen MR) is 69.4 cm³/mol. The molecule has 1 aromatic heterocycles. The molecule has 0 radical (unpaired) electrons. The Bertz CT molecular complexity index is 355. The fraction of sp³-hybridized carbons (Fsp3) is 0.615. The lowest BCUT2D eigenvalue weighted by Gasteiger charge is -2.20. The second kappa shape index (κ2) is 6.44. The second-order valence-electron chi connectivity index (χ2n) is 5.16. The van der Waals surface area contributed by atoms with Gasteiger partial charge in [0.2, 0.25) is 0 Å². The van der Waals surface area contributed by atoms with Gasteiger partial charge in [-0.15, -0.1) is 0 Å². The van der Waals surface area contributed by atoms with Gasteiger partial charge in [0.1, 0.15) is 5.60 Å². The van der Waals surface area contributed by atoms with Crippen molar-refractivity contribution in [1.82, 2.24) is 10.6 Å². The summed E-state index contributed by atoms with van der Waals surface area (Å²) in [6.45, 7) is 8.75. The highest BCUT2D eigenvalue weighted by Gasteiger charge is 2.15. The van der Waals surface area contributed by atoms with Crippen molar-refractivity contribution in [2.45, 2.75) is 39.3 Å². The average molecular weight is 254 g/mol. The normalized spacial score (nSPS) is 13.1. The molecule has 0 saturated heterocycles.